The molecule has 0 aromatic heterocycles. The molecule has 0 bridgehead atoms. The lowest BCUT2D eigenvalue weighted by molar-refractivity contribution is 0.219. The second kappa shape index (κ2) is 9.28. The number of benzene rings is 1. The van der Waals surface area contributed by atoms with Crippen molar-refractivity contribution in [3.63, 3.8) is 0 Å². The van der Waals surface area contributed by atoms with E-state index in [0.29, 0.717) is 6.54 Å². The first-order valence-corrected chi connectivity index (χ1v) is 8.54. The summed E-state index contributed by atoms with van der Waals surface area (Å²) >= 11 is 0. The fraction of sp³-hybridized carbons (Fsp3) is 0.611. The summed E-state index contributed by atoms with van der Waals surface area (Å²) < 4.78 is 11.2. The van der Waals surface area contributed by atoms with Crippen molar-refractivity contribution in [1.29, 1.82) is 0 Å². The van der Waals surface area contributed by atoms with Crippen LogP contribution in [0.5, 0.6) is 11.5 Å². The van der Waals surface area contributed by atoms with Crippen LogP contribution in [0, 0.1) is 5.92 Å². The average molecular weight is 319 g/mol. The van der Waals surface area contributed by atoms with Crippen molar-refractivity contribution in [3.05, 3.63) is 24.3 Å². The fourth-order valence-electron chi connectivity index (χ4n) is 2.33. The van der Waals surface area contributed by atoms with Gasteiger partial charge in [-0.2, -0.15) is 0 Å². The van der Waals surface area contributed by atoms with Gasteiger partial charge in [-0.1, -0.05) is 25.0 Å². The highest BCUT2D eigenvalue weighted by molar-refractivity contribution is 5.79. The molecule has 1 unspecified atom stereocenters. The maximum atomic E-state index is 5.93. The lowest BCUT2D eigenvalue weighted by Gasteiger charge is -2.16. The Bertz CT molecular complexity index is 501. The Labute approximate surface area is 139 Å². The highest BCUT2D eigenvalue weighted by atomic mass is 16.5. The monoisotopic (exact) mass is 319 g/mol. The Hall–Kier alpha value is -1.91. The summed E-state index contributed by atoms with van der Waals surface area (Å²) in [5.41, 5.74) is 0. The van der Waals surface area contributed by atoms with Crippen molar-refractivity contribution in [1.82, 2.24) is 10.6 Å². The Morgan fingerprint density at radius 2 is 2.00 bits per heavy atom. The zero-order chi connectivity index (χ0) is 16.5. The van der Waals surface area contributed by atoms with E-state index in [0.717, 1.165) is 36.5 Å². The van der Waals surface area contributed by atoms with Crippen molar-refractivity contribution < 1.29 is 9.47 Å². The third-order valence-electron chi connectivity index (χ3n) is 3.79. The van der Waals surface area contributed by atoms with Crippen LogP contribution in [0.25, 0.3) is 0 Å². The largest absolute Gasteiger partial charge is 0.493 e. The Morgan fingerprint density at radius 1 is 1.26 bits per heavy atom. The minimum atomic E-state index is -0.0230. The van der Waals surface area contributed by atoms with Gasteiger partial charge in [-0.25, -0.2) is 4.99 Å². The molecule has 0 aliphatic heterocycles. The molecular weight excluding hydrogens is 290 g/mol. The Kier molecular flexibility index (Phi) is 7.04. The van der Waals surface area contributed by atoms with Gasteiger partial charge in [0.1, 0.15) is 6.10 Å². The number of nitrogens with one attached hydrogen (secondary N) is 2. The number of ether oxygens (including phenoxy) is 2. The van der Waals surface area contributed by atoms with E-state index in [1.54, 1.807) is 7.11 Å². The van der Waals surface area contributed by atoms with Gasteiger partial charge in [-0.15, -0.1) is 0 Å². The van der Waals surface area contributed by atoms with E-state index in [2.05, 4.69) is 22.5 Å². The molecule has 1 atom stereocenters. The molecule has 23 heavy (non-hydrogen) atoms. The molecule has 0 heterocycles. The summed E-state index contributed by atoms with van der Waals surface area (Å²) in [4.78, 5) is 4.61. The molecule has 1 aliphatic carbocycles. The summed E-state index contributed by atoms with van der Waals surface area (Å²) in [6, 6.07) is 7.69. The van der Waals surface area contributed by atoms with Gasteiger partial charge < -0.3 is 20.1 Å². The van der Waals surface area contributed by atoms with Gasteiger partial charge in [0, 0.05) is 13.1 Å². The summed E-state index contributed by atoms with van der Waals surface area (Å²) in [6.45, 7) is 6.53. The molecule has 1 aliphatic rings. The maximum absolute atomic E-state index is 5.93. The van der Waals surface area contributed by atoms with E-state index in [1.807, 2.05) is 31.2 Å². The second-order valence-electron chi connectivity index (χ2n) is 5.96. The maximum Gasteiger partial charge on any atom is 0.191 e. The van der Waals surface area contributed by atoms with Crippen LogP contribution in [0.2, 0.25) is 0 Å². The molecule has 5 nitrogen and oxygen atoms in total. The van der Waals surface area contributed by atoms with Crippen molar-refractivity contribution in [3.8, 4) is 11.5 Å². The molecule has 5 heteroatoms. The van der Waals surface area contributed by atoms with Crippen LogP contribution < -0.4 is 20.1 Å². The quantitative estimate of drug-likeness (QED) is 0.543. The third kappa shape index (κ3) is 6.38. The summed E-state index contributed by atoms with van der Waals surface area (Å²) in [5, 5.41) is 6.67. The van der Waals surface area contributed by atoms with Crippen molar-refractivity contribution in [2.75, 3.05) is 26.7 Å². The molecule has 128 valence electrons. The fourth-order valence-corrected chi connectivity index (χ4v) is 2.33. The number of methoxy groups -OCH3 is 1. The summed E-state index contributed by atoms with van der Waals surface area (Å²) in [5.74, 6) is 3.30. The molecular formula is C18H29N3O2. The van der Waals surface area contributed by atoms with Gasteiger partial charge in [0.05, 0.1) is 13.7 Å². The number of hydrogen-bond donors (Lipinski definition) is 2. The van der Waals surface area contributed by atoms with Gasteiger partial charge in [-0.05, 0) is 38.3 Å². The molecule has 1 aromatic carbocycles. The lowest BCUT2D eigenvalue weighted by atomic mass is 10.3. The minimum absolute atomic E-state index is 0.0230. The number of guanidine groups is 1. The molecule has 1 aromatic rings. The van der Waals surface area contributed by atoms with Gasteiger partial charge >= 0.3 is 0 Å². The average Bonchev–Trinajstić information content (AvgIpc) is 3.37. The van der Waals surface area contributed by atoms with Crippen molar-refractivity contribution >= 4 is 5.96 Å². The first-order chi connectivity index (χ1) is 11.2. The number of aliphatic imine (C=N–C) groups is 1. The normalized spacial score (nSPS) is 15.9. The van der Waals surface area contributed by atoms with E-state index in [9.17, 15) is 0 Å². The first kappa shape index (κ1) is 17.4. The highest BCUT2D eigenvalue weighted by Gasteiger charge is 2.20. The molecule has 0 radical (unpaired) electrons. The van der Waals surface area contributed by atoms with Gasteiger partial charge in [0.15, 0.2) is 17.5 Å². The van der Waals surface area contributed by atoms with E-state index >= 15 is 0 Å². The Balaban J connectivity index is 1.81. The first-order valence-electron chi connectivity index (χ1n) is 8.54. The van der Waals surface area contributed by atoms with E-state index in [4.69, 9.17) is 9.47 Å². The molecule has 1 fully saturated rings. The molecule has 0 spiro atoms. The molecule has 2 rings (SSSR count). The van der Waals surface area contributed by atoms with E-state index in [1.165, 1.54) is 19.3 Å². The summed E-state index contributed by atoms with van der Waals surface area (Å²) in [7, 11) is 1.65. The van der Waals surface area contributed by atoms with Crippen molar-refractivity contribution in [2.45, 2.75) is 39.2 Å². The number of rotatable bonds is 9. The highest BCUT2D eigenvalue weighted by Crippen LogP contribution is 2.31. The van der Waals surface area contributed by atoms with Crippen LogP contribution in [0.1, 0.15) is 33.1 Å². The van der Waals surface area contributed by atoms with Crippen LogP contribution in [-0.2, 0) is 0 Å². The van der Waals surface area contributed by atoms with Gasteiger partial charge in [0.25, 0.3) is 0 Å². The third-order valence-corrected chi connectivity index (χ3v) is 3.79. The van der Waals surface area contributed by atoms with Crippen LogP contribution in [0.15, 0.2) is 29.3 Å². The standard InChI is InChI=1S/C18H29N3O2/c1-4-19-18(20-12-11-15-9-10-15)21-13-14(2)23-17-8-6-5-7-16(17)22-3/h5-8,14-15H,4,9-13H2,1-3H3,(H2,19,20,21). The van der Waals surface area contributed by atoms with Gasteiger partial charge in [0.2, 0.25) is 0 Å². The number of para-hydroxylation sites is 2. The van der Waals surface area contributed by atoms with E-state index < -0.39 is 0 Å². The zero-order valence-electron chi connectivity index (χ0n) is 14.5. The van der Waals surface area contributed by atoms with Crippen LogP contribution in [0.4, 0.5) is 0 Å². The molecule has 0 amide bonds. The minimum Gasteiger partial charge on any atom is -0.493 e. The zero-order valence-corrected chi connectivity index (χ0v) is 14.5. The van der Waals surface area contributed by atoms with Crippen LogP contribution >= 0.6 is 0 Å². The SMILES string of the molecule is CCNC(=NCC(C)Oc1ccccc1OC)NCCC1CC1. The van der Waals surface area contributed by atoms with E-state index in [-0.39, 0.29) is 6.10 Å². The lowest BCUT2D eigenvalue weighted by Crippen LogP contribution is -2.38. The Morgan fingerprint density at radius 3 is 2.65 bits per heavy atom. The number of nitrogens with zero attached hydrogens (tertiary/aromatic N) is 1. The molecule has 2 N–H and O–H groups in total. The summed E-state index contributed by atoms with van der Waals surface area (Å²) in [6.07, 6.45) is 3.99. The van der Waals surface area contributed by atoms with Gasteiger partial charge in [-0.3, -0.25) is 0 Å². The predicted octanol–water partition coefficient (Wildman–Crippen LogP) is 2.82. The van der Waals surface area contributed by atoms with Crippen molar-refractivity contribution in [2.24, 2.45) is 10.9 Å². The predicted molar refractivity (Wildman–Crippen MR) is 94.4 cm³/mol. The molecule has 1 saturated carbocycles. The smallest absolute Gasteiger partial charge is 0.191 e. The topological polar surface area (TPSA) is 54.9 Å². The number of hydrogen-bond acceptors (Lipinski definition) is 3. The van der Waals surface area contributed by atoms with Crippen LogP contribution in [0.3, 0.4) is 0 Å². The van der Waals surface area contributed by atoms with Crippen LogP contribution in [-0.4, -0.2) is 38.8 Å². The molecule has 0 saturated heterocycles. The second-order valence-corrected chi connectivity index (χ2v) is 5.96.